The zero-order valence-corrected chi connectivity index (χ0v) is 14.1. The number of methoxy groups -OCH3 is 1. The minimum atomic E-state index is 0.197. The summed E-state index contributed by atoms with van der Waals surface area (Å²) < 4.78 is 12.4. The minimum absolute atomic E-state index is 0.197. The van der Waals surface area contributed by atoms with E-state index in [1.54, 1.807) is 7.11 Å². The predicted octanol–water partition coefficient (Wildman–Crippen LogP) is 1.04. The van der Waals surface area contributed by atoms with Crippen molar-refractivity contribution in [1.82, 2.24) is 24.8 Å². The highest BCUT2D eigenvalue weighted by Crippen LogP contribution is 2.41. The third-order valence-electron chi connectivity index (χ3n) is 5.43. The Labute approximate surface area is 141 Å². The number of urea groups is 1. The first kappa shape index (κ1) is 15.8. The van der Waals surface area contributed by atoms with E-state index in [4.69, 9.17) is 9.47 Å². The van der Waals surface area contributed by atoms with E-state index in [9.17, 15) is 4.79 Å². The van der Waals surface area contributed by atoms with Crippen molar-refractivity contribution in [2.45, 2.75) is 50.4 Å². The molecule has 0 spiro atoms. The van der Waals surface area contributed by atoms with Crippen molar-refractivity contribution in [3.63, 3.8) is 0 Å². The van der Waals surface area contributed by atoms with Gasteiger partial charge in [-0.1, -0.05) is 5.21 Å². The van der Waals surface area contributed by atoms with E-state index in [0.29, 0.717) is 51.0 Å². The number of amides is 2. The summed E-state index contributed by atoms with van der Waals surface area (Å²) in [5.41, 5.74) is 0.858. The highest BCUT2D eigenvalue weighted by atomic mass is 16.5. The van der Waals surface area contributed by atoms with E-state index >= 15 is 0 Å². The molecule has 2 unspecified atom stereocenters. The fourth-order valence-electron chi connectivity index (χ4n) is 4.30. The van der Waals surface area contributed by atoms with Crippen LogP contribution in [-0.2, 0) is 16.1 Å². The Bertz CT molecular complexity index is 572. The summed E-state index contributed by atoms with van der Waals surface area (Å²) in [7, 11) is 1.66. The maximum atomic E-state index is 12.9. The molecule has 1 aromatic heterocycles. The van der Waals surface area contributed by atoms with Gasteiger partial charge >= 0.3 is 6.03 Å². The van der Waals surface area contributed by atoms with Crippen molar-refractivity contribution in [2.24, 2.45) is 0 Å². The van der Waals surface area contributed by atoms with Crippen LogP contribution in [0.5, 0.6) is 0 Å². The van der Waals surface area contributed by atoms with Gasteiger partial charge in [0.05, 0.1) is 32.1 Å². The van der Waals surface area contributed by atoms with Gasteiger partial charge in [-0.05, 0) is 25.7 Å². The average molecular weight is 335 g/mol. The lowest BCUT2D eigenvalue weighted by atomic mass is 9.97. The molecule has 2 atom stereocenters. The molecular formula is C16H25N5O3. The number of carbonyl (C=O) groups excluding carboxylic acids is 1. The molecule has 0 aliphatic carbocycles. The topological polar surface area (TPSA) is 72.7 Å². The fraction of sp³-hybridized carbons (Fsp3) is 0.812. The summed E-state index contributed by atoms with van der Waals surface area (Å²) in [6.07, 6.45) is 6.09. The maximum absolute atomic E-state index is 12.9. The maximum Gasteiger partial charge on any atom is 0.320 e. The van der Waals surface area contributed by atoms with Gasteiger partial charge in [-0.25, -0.2) is 9.48 Å². The van der Waals surface area contributed by atoms with Crippen LogP contribution in [0.2, 0.25) is 0 Å². The second-order valence-electron chi connectivity index (χ2n) is 6.92. The van der Waals surface area contributed by atoms with Gasteiger partial charge in [-0.2, -0.15) is 0 Å². The molecule has 2 amide bonds. The molecule has 4 rings (SSSR count). The molecule has 1 aromatic rings. The molecule has 3 aliphatic heterocycles. The van der Waals surface area contributed by atoms with Gasteiger partial charge in [0.1, 0.15) is 5.69 Å². The molecule has 3 aliphatic rings. The lowest BCUT2D eigenvalue weighted by molar-refractivity contribution is 0.0305. The predicted molar refractivity (Wildman–Crippen MR) is 85.4 cm³/mol. The van der Waals surface area contributed by atoms with Gasteiger partial charge in [-0.15, -0.1) is 5.10 Å². The molecule has 3 fully saturated rings. The first-order valence-electron chi connectivity index (χ1n) is 8.81. The summed E-state index contributed by atoms with van der Waals surface area (Å²) >= 11 is 0. The van der Waals surface area contributed by atoms with Crippen molar-refractivity contribution in [1.29, 1.82) is 0 Å². The number of nitrogens with zero attached hydrogens (tertiary/aromatic N) is 5. The van der Waals surface area contributed by atoms with Crippen LogP contribution in [0.25, 0.3) is 0 Å². The Morgan fingerprint density at radius 2 is 1.96 bits per heavy atom. The van der Waals surface area contributed by atoms with E-state index in [0.717, 1.165) is 31.4 Å². The number of rotatable bonds is 3. The highest BCUT2D eigenvalue weighted by Gasteiger charge is 2.45. The molecule has 0 aromatic carbocycles. The van der Waals surface area contributed by atoms with E-state index < -0.39 is 0 Å². The van der Waals surface area contributed by atoms with Gasteiger partial charge in [0.15, 0.2) is 0 Å². The molecule has 2 bridgehead atoms. The zero-order chi connectivity index (χ0) is 16.5. The number of fused-ring (bicyclic) bond motifs is 2. The lowest BCUT2D eigenvalue weighted by Crippen LogP contribution is -2.54. The van der Waals surface area contributed by atoms with Gasteiger partial charge in [0, 0.05) is 32.3 Å². The van der Waals surface area contributed by atoms with Crippen molar-refractivity contribution in [2.75, 3.05) is 33.4 Å². The monoisotopic (exact) mass is 335 g/mol. The number of aromatic nitrogens is 3. The smallest absolute Gasteiger partial charge is 0.320 e. The van der Waals surface area contributed by atoms with Crippen LogP contribution in [0.3, 0.4) is 0 Å². The molecule has 3 saturated heterocycles. The number of hydrogen-bond acceptors (Lipinski definition) is 5. The first-order valence-corrected chi connectivity index (χ1v) is 8.81. The Morgan fingerprint density at radius 3 is 2.62 bits per heavy atom. The fourth-order valence-corrected chi connectivity index (χ4v) is 4.30. The molecule has 0 saturated carbocycles. The van der Waals surface area contributed by atoms with Crippen molar-refractivity contribution >= 4 is 6.03 Å². The van der Waals surface area contributed by atoms with Crippen LogP contribution in [-0.4, -0.2) is 76.3 Å². The standard InChI is InChI=1S/C16H25N5O3/c1-23-11-12-10-20(18-17-12)15-8-13-2-3-14(9-15)21(13)16(22)19-4-6-24-7-5-19/h10,13-15H,2-9,11H2,1H3. The molecular weight excluding hydrogens is 310 g/mol. The van der Waals surface area contributed by atoms with Gasteiger partial charge < -0.3 is 19.3 Å². The Kier molecular flexibility index (Phi) is 4.41. The largest absolute Gasteiger partial charge is 0.378 e. The summed E-state index contributed by atoms with van der Waals surface area (Å²) in [5.74, 6) is 0. The van der Waals surface area contributed by atoms with Crippen LogP contribution in [0, 0.1) is 0 Å². The lowest BCUT2D eigenvalue weighted by Gasteiger charge is -2.42. The molecule has 0 radical (unpaired) electrons. The zero-order valence-electron chi connectivity index (χ0n) is 14.1. The summed E-state index contributed by atoms with van der Waals surface area (Å²) in [4.78, 5) is 17.0. The van der Waals surface area contributed by atoms with Crippen molar-refractivity contribution < 1.29 is 14.3 Å². The third kappa shape index (κ3) is 2.88. The number of ether oxygens (including phenoxy) is 2. The third-order valence-corrected chi connectivity index (χ3v) is 5.43. The van der Waals surface area contributed by atoms with Crippen molar-refractivity contribution in [3.8, 4) is 0 Å². The normalized spacial score (nSPS) is 30.0. The summed E-state index contributed by atoms with van der Waals surface area (Å²) in [5, 5.41) is 8.44. The van der Waals surface area contributed by atoms with Crippen LogP contribution in [0.4, 0.5) is 4.79 Å². The van der Waals surface area contributed by atoms with Gasteiger partial charge in [-0.3, -0.25) is 0 Å². The average Bonchev–Trinajstić information content (AvgIpc) is 3.18. The summed E-state index contributed by atoms with van der Waals surface area (Å²) in [6.45, 7) is 3.21. The molecule has 24 heavy (non-hydrogen) atoms. The Morgan fingerprint density at radius 1 is 1.25 bits per heavy atom. The molecule has 4 heterocycles. The van der Waals surface area contributed by atoms with Crippen molar-refractivity contribution in [3.05, 3.63) is 11.9 Å². The van der Waals surface area contributed by atoms with Crippen LogP contribution < -0.4 is 0 Å². The van der Waals surface area contributed by atoms with Crippen LogP contribution in [0.1, 0.15) is 37.4 Å². The van der Waals surface area contributed by atoms with E-state index in [2.05, 4.69) is 15.2 Å². The molecule has 132 valence electrons. The molecule has 8 nitrogen and oxygen atoms in total. The van der Waals surface area contributed by atoms with Gasteiger partial charge in [0.25, 0.3) is 0 Å². The Balaban J connectivity index is 1.44. The molecule has 0 N–H and O–H groups in total. The SMILES string of the molecule is COCc1cn(C2CC3CCC(C2)N3C(=O)N2CCOCC2)nn1. The van der Waals surface area contributed by atoms with E-state index in [1.165, 1.54) is 0 Å². The van der Waals surface area contributed by atoms with Crippen LogP contribution >= 0.6 is 0 Å². The molecule has 8 heteroatoms. The Hall–Kier alpha value is -1.67. The number of piperidine rings is 1. The van der Waals surface area contributed by atoms with E-state index in [-0.39, 0.29) is 6.03 Å². The number of carbonyl (C=O) groups is 1. The van der Waals surface area contributed by atoms with E-state index in [1.807, 2.05) is 15.8 Å². The second-order valence-corrected chi connectivity index (χ2v) is 6.92. The first-order chi connectivity index (χ1) is 11.8. The summed E-state index contributed by atoms with van der Waals surface area (Å²) in [6, 6.07) is 1.16. The quantitative estimate of drug-likeness (QED) is 0.825. The van der Waals surface area contributed by atoms with Crippen LogP contribution in [0.15, 0.2) is 6.20 Å². The number of morpholine rings is 1. The number of hydrogen-bond donors (Lipinski definition) is 0. The second kappa shape index (κ2) is 6.68. The highest BCUT2D eigenvalue weighted by molar-refractivity contribution is 5.76. The van der Waals surface area contributed by atoms with Gasteiger partial charge in [0.2, 0.25) is 0 Å². The minimum Gasteiger partial charge on any atom is -0.378 e.